The number of sulfonamides is 1. The van der Waals surface area contributed by atoms with Gasteiger partial charge in [-0.15, -0.1) is 0 Å². The summed E-state index contributed by atoms with van der Waals surface area (Å²) in [6.07, 6.45) is 1.31. The largest absolute Gasteiger partial charge is 0.497 e. The molecular formula is C15H14BrNO3S. The Morgan fingerprint density at radius 1 is 1.14 bits per heavy atom. The Kier molecular flexibility index (Phi) is 4.80. The van der Waals surface area contributed by atoms with Crippen LogP contribution in [0, 0.1) is 6.92 Å². The minimum atomic E-state index is -3.70. The number of hydrogen-bond acceptors (Lipinski definition) is 3. The van der Waals surface area contributed by atoms with Gasteiger partial charge in [-0.2, -0.15) is 12.8 Å². The topological polar surface area (TPSA) is 55.7 Å². The molecule has 4 nitrogen and oxygen atoms in total. The lowest BCUT2D eigenvalue weighted by molar-refractivity contribution is 0.414. The highest BCUT2D eigenvalue weighted by Gasteiger charge is 2.11. The molecule has 0 bridgehead atoms. The molecule has 0 saturated carbocycles. The fourth-order valence-corrected chi connectivity index (χ4v) is 2.85. The first-order valence-corrected chi connectivity index (χ1v) is 8.36. The van der Waals surface area contributed by atoms with Crippen molar-refractivity contribution in [2.45, 2.75) is 11.8 Å². The van der Waals surface area contributed by atoms with Crippen LogP contribution in [0.25, 0.3) is 0 Å². The molecule has 0 radical (unpaired) electrons. The summed E-state index contributed by atoms with van der Waals surface area (Å²) in [6.45, 7) is 1.90. The summed E-state index contributed by atoms with van der Waals surface area (Å²) in [5.74, 6) is 0.632. The average Bonchev–Trinajstić information content (AvgIpc) is 2.47. The maximum atomic E-state index is 12.1. The third-order valence-electron chi connectivity index (χ3n) is 2.85. The number of methoxy groups -OCH3 is 1. The number of hydrogen-bond donors (Lipinski definition) is 0. The summed E-state index contributed by atoms with van der Waals surface area (Å²) in [5, 5.41) is 0. The fourth-order valence-electron chi connectivity index (χ4n) is 1.65. The molecule has 0 aromatic heterocycles. The van der Waals surface area contributed by atoms with Crippen molar-refractivity contribution in [1.29, 1.82) is 0 Å². The molecule has 0 fully saturated rings. The maximum absolute atomic E-state index is 12.1. The molecule has 0 unspecified atom stereocenters. The molecule has 0 N–H and O–H groups in total. The molecule has 2 aromatic rings. The van der Waals surface area contributed by atoms with Gasteiger partial charge in [-0.25, -0.2) is 0 Å². The van der Waals surface area contributed by atoms with Gasteiger partial charge in [-0.05, 0) is 37.3 Å². The maximum Gasteiger partial charge on any atom is 0.282 e. The van der Waals surface area contributed by atoms with E-state index in [0.29, 0.717) is 11.3 Å². The van der Waals surface area contributed by atoms with Gasteiger partial charge in [0.05, 0.1) is 12.0 Å². The Hall–Kier alpha value is -1.66. The van der Waals surface area contributed by atoms with Crippen LogP contribution in [-0.2, 0) is 10.0 Å². The van der Waals surface area contributed by atoms with Crippen molar-refractivity contribution in [3.05, 3.63) is 58.1 Å². The highest BCUT2D eigenvalue weighted by Crippen LogP contribution is 2.21. The molecule has 0 amide bonds. The van der Waals surface area contributed by atoms with E-state index in [4.69, 9.17) is 4.74 Å². The zero-order chi connectivity index (χ0) is 15.5. The summed E-state index contributed by atoms with van der Waals surface area (Å²) in [5.41, 5.74) is 1.62. The quantitative estimate of drug-likeness (QED) is 0.776. The molecule has 0 aliphatic carbocycles. The molecule has 2 rings (SSSR count). The van der Waals surface area contributed by atoms with Gasteiger partial charge < -0.3 is 4.74 Å². The number of aryl methyl sites for hydroxylation is 1. The minimum Gasteiger partial charge on any atom is -0.497 e. The van der Waals surface area contributed by atoms with Gasteiger partial charge in [0.15, 0.2) is 0 Å². The first-order valence-electron chi connectivity index (χ1n) is 6.13. The number of rotatable bonds is 4. The van der Waals surface area contributed by atoms with E-state index in [1.54, 1.807) is 49.6 Å². The number of halogens is 1. The van der Waals surface area contributed by atoms with Crippen LogP contribution in [0.5, 0.6) is 5.75 Å². The summed E-state index contributed by atoms with van der Waals surface area (Å²) in [6, 6.07) is 11.8. The predicted molar refractivity (Wildman–Crippen MR) is 86.7 cm³/mol. The van der Waals surface area contributed by atoms with E-state index in [1.807, 2.05) is 6.92 Å². The summed E-state index contributed by atoms with van der Waals surface area (Å²) < 4.78 is 33.8. The summed E-state index contributed by atoms with van der Waals surface area (Å²) in [4.78, 5) is 0.170. The van der Waals surface area contributed by atoms with E-state index >= 15 is 0 Å². The highest BCUT2D eigenvalue weighted by molar-refractivity contribution is 9.10. The third kappa shape index (κ3) is 3.92. The lowest BCUT2D eigenvalue weighted by Gasteiger charge is -2.03. The monoisotopic (exact) mass is 367 g/mol. The van der Waals surface area contributed by atoms with Crippen molar-refractivity contribution in [3.63, 3.8) is 0 Å². The van der Waals surface area contributed by atoms with Crippen molar-refractivity contribution >= 4 is 32.2 Å². The number of ether oxygens (including phenoxy) is 1. The van der Waals surface area contributed by atoms with Gasteiger partial charge in [0.2, 0.25) is 0 Å². The number of benzene rings is 2. The van der Waals surface area contributed by atoms with Crippen LogP contribution in [0.3, 0.4) is 0 Å². The Balaban J connectivity index is 2.34. The number of nitrogens with zero attached hydrogens (tertiary/aromatic N) is 1. The predicted octanol–water partition coefficient (Wildman–Crippen LogP) is 3.57. The van der Waals surface area contributed by atoms with Gasteiger partial charge in [-0.3, -0.25) is 0 Å². The van der Waals surface area contributed by atoms with Crippen molar-refractivity contribution in [2.24, 2.45) is 4.40 Å². The van der Waals surface area contributed by atoms with Gasteiger partial charge in [0.1, 0.15) is 5.75 Å². The second kappa shape index (κ2) is 6.41. The third-order valence-corrected chi connectivity index (χ3v) is 4.83. The molecule has 2 aromatic carbocycles. The van der Waals surface area contributed by atoms with Crippen molar-refractivity contribution < 1.29 is 13.2 Å². The summed E-state index contributed by atoms with van der Waals surface area (Å²) in [7, 11) is -2.15. The lowest BCUT2D eigenvalue weighted by atomic mass is 10.2. The molecule has 0 aliphatic rings. The molecule has 6 heteroatoms. The molecule has 21 heavy (non-hydrogen) atoms. The Bertz CT molecular complexity index is 768. The first-order chi connectivity index (χ1) is 9.92. The van der Waals surface area contributed by atoms with E-state index in [-0.39, 0.29) is 4.90 Å². The molecular weight excluding hydrogens is 354 g/mol. The normalized spacial score (nSPS) is 11.8. The van der Waals surface area contributed by atoms with Crippen LogP contribution in [0.4, 0.5) is 0 Å². The van der Waals surface area contributed by atoms with E-state index in [9.17, 15) is 8.42 Å². The molecule has 0 atom stereocenters. The van der Waals surface area contributed by atoms with Crippen LogP contribution in [0.1, 0.15) is 11.1 Å². The van der Waals surface area contributed by atoms with Crippen LogP contribution in [-0.4, -0.2) is 21.7 Å². The first kappa shape index (κ1) is 15.7. The van der Waals surface area contributed by atoms with Gasteiger partial charge in [0, 0.05) is 16.3 Å². The lowest BCUT2D eigenvalue weighted by Crippen LogP contribution is -1.98. The summed E-state index contributed by atoms with van der Waals surface area (Å²) >= 11 is 3.35. The van der Waals surface area contributed by atoms with Gasteiger partial charge in [-0.1, -0.05) is 33.6 Å². The smallest absolute Gasteiger partial charge is 0.282 e. The van der Waals surface area contributed by atoms with Crippen molar-refractivity contribution in [2.75, 3.05) is 7.11 Å². The van der Waals surface area contributed by atoms with E-state index in [1.165, 1.54) is 6.21 Å². The Labute approximate surface area is 132 Å². The fraction of sp³-hybridized carbons (Fsp3) is 0.133. The molecule has 0 saturated heterocycles. The Morgan fingerprint density at radius 3 is 2.43 bits per heavy atom. The van der Waals surface area contributed by atoms with Crippen LogP contribution in [0.15, 0.2) is 56.2 Å². The van der Waals surface area contributed by atoms with Gasteiger partial charge >= 0.3 is 0 Å². The van der Waals surface area contributed by atoms with Crippen LogP contribution in [0.2, 0.25) is 0 Å². The average molecular weight is 368 g/mol. The van der Waals surface area contributed by atoms with E-state index in [0.717, 1.165) is 10.0 Å². The highest BCUT2D eigenvalue weighted by atomic mass is 79.9. The van der Waals surface area contributed by atoms with Crippen LogP contribution < -0.4 is 4.74 Å². The SMILES string of the molecule is COc1ccc(Br)c(/C=N/S(=O)(=O)c2ccc(C)cc2)c1. The Morgan fingerprint density at radius 2 is 1.81 bits per heavy atom. The van der Waals surface area contributed by atoms with Crippen LogP contribution >= 0.6 is 15.9 Å². The van der Waals surface area contributed by atoms with Crippen molar-refractivity contribution in [3.8, 4) is 5.75 Å². The standard InChI is InChI=1S/C15H14BrNO3S/c1-11-3-6-14(7-4-11)21(18,19)17-10-12-9-13(20-2)5-8-15(12)16/h3-10H,1-2H3/b17-10+. The molecule has 0 spiro atoms. The molecule has 110 valence electrons. The minimum absolute atomic E-state index is 0.170. The van der Waals surface area contributed by atoms with Crippen molar-refractivity contribution in [1.82, 2.24) is 0 Å². The second-order valence-electron chi connectivity index (χ2n) is 4.41. The molecule has 0 aliphatic heterocycles. The molecule has 0 heterocycles. The zero-order valence-electron chi connectivity index (χ0n) is 11.6. The van der Waals surface area contributed by atoms with Gasteiger partial charge in [0.25, 0.3) is 10.0 Å². The van der Waals surface area contributed by atoms with E-state index in [2.05, 4.69) is 20.3 Å². The zero-order valence-corrected chi connectivity index (χ0v) is 14.0. The second-order valence-corrected chi connectivity index (χ2v) is 6.90. The van der Waals surface area contributed by atoms with E-state index < -0.39 is 10.0 Å².